The van der Waals surface area contributed by atoms with E-state index in [-0.39, 0.29) is 25.6 Å². The quantitative estimate of drug-likeness (QED) is 0.679. The Kier molecular flexibility index (Phi) is 5.34. The first kappa shape index (κ1) is 21.4. The van der Waals surface area contributed by atoms with Gasteiger partial charge >= 0.3 is 11.9 Å². The molecule has 2 aliphatic rings. The standard InChI is InChI=1S/C19H20F5N5O2/c1-10-4-14(17(30)27-8-12(20)13(21)9-27)29-16(5-10)26-28(18(29)31)7-11-2-3-15(25-6-11)19(22,23)24/h2-3,6,10,12-14H,4-5,7-9H2,1H3/t10-,12-,13+,14-/m1/s1. The molecule has 0 radical (unpaired) electrons. The Morgan fingerprint density at radius 3 is 2.45 bits per heavy atom. The van der Waals surface area contributed by atoms with Gasteiger partial charge in [-0.1, -0.05) is 13.0 Å². The molecule has 4 atom stereocenters. The van der Waals surface area contributed by atoms with Crippen molar-refractivity contribution in [3.05, 3.63) is 45.9 Å². The Bertz CT molecular complexity index is 1020. The Hall–Kier alpha value is -2.79. The second-order valence-electron chi connectivity index (χ2n) is 8.11. The van der Waals surface area contributed by atoms with Crippen LogP contribution in [0.3, 0.4) is 0 Å². The molecule has 4 heterocycles. The number of aromatic nitrogens is 4. The van der Waals surface area contributed by atoms with Crippen molar-refractivity contribution in [2.24, 2.45) is 5.92 Å². The van der Waals surface area contributed by atoms with Gasteiger partial charge in [0.05, 0.1) is 19.6 Å². The number of hydrogen-bond acceptors (Lipinski definition) is 4. The molecule has 31 heavy (non-hydrogen) atoms. The molecule has 0 unspecified atom stereocenters. The summed E-state index contributed by atoms with van der Waals surface area (Å²) in [7, 11) is 0. The van der Waals surface area contributed by atoms with Gasteiger partial charge in [0.15, 0.2) is 12.3 Å². The van der Waals surface area contributed by atoms with E-state index in [2.05, 4.69) is 10.1 Å². The zero-order valence-corrected chi connectivity index (χ0v) is 16.5. The van der Waals surface area contributed by atoms with E-state index in [4.69, 9.17) is 0 Å². The second kappa shape index (κ2) is 7.72. The highest BCUT2D eigenvalue weighted by atomic mass is 19.4. The van der Waals surface area contributed by atoms with E-state index in [1.807, 2.05) is 6.92 Å². The number of fused-ring (bicyclic) bond motifs is 1. The maximum atomic E-state index is 13.6. The number of halogens is 5. The van der Waals surface area contributed by atoms with Crippen LogP contribution in [0.15, 0.2) is 23.1 Å². The number of pyridine rings is 1. The van der Waals surface area contributed by atoms with Crippen LogP contribution >= 0.6 is 0 Å². The lowest BCUT2D eigenvalue weighted by atomic mass is 9.93. The summed E-state index contributed by atoms with van der Waals surface area (Å²) in [5.41, 5.74) is -1.32. The Balaban J connectivity index is 1.60. The molecule has 168 valence electrons. The van der Waals surface area contributed by atoms with E-state index in [1.165, 1.54) is 10.6 Å². The fourth-order valence-corrected chi connectivity index (χ4v) is 4.09. The van der Waals surface area contributed by atoms with Crippen LogP contribution in [0.5, 0.6) is 0 Å². The van der Waals surface area contributed by atoms with Crippen LogP contribution in [0.4, 0.5) is 22.0 Å². The molecule has 2 aliphatic heterocycles. The number of carbonyl (C=O) groups excluding carboxylic acids is 1. The minimum atomic E-state index is -4.57. The number of amides is 1. The molecule has 2 aromatic rings. The number of likely N-dealkylation sites (tertiary alicyclic amines) is 1. The Labute approximate surface area is 173 Å². The fourth-order valence-electron chi connectivity index (χ4n) is 4.09. The molecule has 4 rings (SSSR count). The van der Waals surface area contributed by atoms with Gasteiger partial charge < -0.3 is 4.90 Å². The normalized spacial score (nSPS) is 26.2. The first-order chi connectivity index (χ1) is 14.5. The minimum Gasteiger partial charge on any atom is -0.335 e. The van der Waals surface area contributed by atoms with Gasteiger partial charge in [-0.2, -0.15) is 18.3 Å². The highest BCUT2D eigenvalue weighted by molar-refractivity contribution is 5.81. The predicted molar refractivity (Wildman–Crippen MR) is 97.7 cm³/mol. The maximum absolute atomic E-state index is 13.6. The van der Waals surface area contributed by atoms with Crippen molar-refractivity contribution in [2.75, 3.05) is 13.1 Å². The smallest absolute Gasteiger partial charge is 0.335 e. The zero-order chi connectivity index (χ0) is 22.5. The first-order valence-corrected chi connectivity index (χ1v) is 9.82. The number of nitrogens with zero attached hydrogens (tertiary/aromatic N) is 5. The lowest BCUT2D eigenvalue weighted by Crippen LogP contribution is -2.43. The van der Waals surface area contributed by atoms with Gasteiger partial charge in [0.1, 0.15) is 17.6 Å². The van der Waals surface area contributed by atoms with Crippen molar-refractivity contribution in [3.8, 4) is 0 Å². The predicted octanol–water partition coefficient (Wildman–Crippen LogP) is 2.15. The van der Waals surface area contributed by atoms with E-state index in [0.717, 1.165) is 21.8 Å². The van der Waals surface area contributed by atoms with E-state index < -0.39 is 41.9 Å². The molecule has 12 heteroatoms. The first-order valence-electron chi connectivity index (χ1n) is 9.82. The Morgan fingerprint density at radius 1 is 1.19 bits per heavy atom. The van der Waals surface area contributed by atoms with Crippen molar-refractivity contribution in [2.45, 2.75) is 50.9 Å². The summed E-state index contributed by atoms with van der Waals surface area (Å²) < 4.78 is 67.5. The number of rotatable bonds is 3. The molecule has 1 amide bonds. The lowest BCUT2D eigenvalue weighted by Gasteiger charge is -2.29. The van der Waals surface area contributed by atoms with Gasteiger partial charge in [-0.3, -0.25) is 14.3 Å². The highest BCUT2D eigenvalue weighted by Gasteiger charge is 2.41. The third-order valence-corrected chi connectivity index (χ3v) is 5.64. The van der Waals surface area contributed by atoms with Crippen LogP contribution in [0, 0.1) is 5.92 Å². The maximum Gasteiger partial charge on any atom is 0.433 e. The molecule has 0 saturated carbocycles. The molecule has 7 nitrogen and oxygen atoms in total. The van der Waals surface area contributed by atoms with Crippen molar-refractivity contribution in [1.82, 2.24) is 24.2 Å². The summed E-state index contributed by atoms with van der Waals surface area (Å²) in [5.74, 6) is -0.169. The average molecular weight is 445 g/mol. The van der Waals surface area contributed by atoms with Gasteiger partial charge in [0, 0.05) is 12.6 Å². The van der Waals surface area contributed by atoms with Crippen molar-refractivity contribution in [3.63, 3.8) is 0 Å². The Morgan fingerprint density at radius 2 is 1.87 bits per heavy atom. The fraction of sp³-hybridized carbons (Fsp3) is 0.579. The molecule has 1 fully saturated rings. The van der Waals surface area contributed by atoms with E-state index in [1.54, 1.807) is 0 Å². The summed E-state index contributed by atoms with van der Waals surface area (Å²) in [6, 6.07) is 1.10. The van der Waals surface area contributed by atoms with Crippen molar-refractivity contribution < 1.29 is 26.7 Å². The zero-order valence-electron chi connectivity index (χ0n) is 16.5. The van der Waals surface area contributed by atoms with E-state index in [0.29, 0.717) is 24.2 Å². The van der Waals surface area contributed by atoms with Crippen molar-refractivity contribution in [1.29, 1.82) is 0 Å². The minimum absolute atomic E-state index is 0.00869. The van der Waals surface area contributed by atoms with Gasteiger partial charge in [-0.15, -0.1) is 0 Å². The second-order valence-corrected chi connectivity index (χ2v) is 8.11. The van der Waals surface area contributed by atoms with Gasteiger partial charge in [0.2, 0.25) is 5.91 Å². The van der Waals surface area contributed by atoms with E-state index >= 15 is 0 Å². The summed E-state index contributed by atoms with van der Waals surface area (Å²) >= 11 is 0. The van der Waals surface area contributed by atoms with Crippen LogP contribution < -0.4 is 5.69 Å². The summed E-state index contributed by atoms with van der Waals surface area (Å²) in [6.07, 6.45) is -6.31. The van der Waals surface area contributed by atoms with Gasteiger partial charge in [-0.25, -0.2) is 18.3 Å². The van der Waals surface area contributed by atoms with Crippen LogP contribution in [0.1, 0.15) is 36.5 Å². The third-order valence-electron chi connectivity index (χ3n) is 5.64. The molecule has 1 saturated heterocycles. The topological polar surface area (TPSA) is 73.0 Å². The molecular weight excluding hydrogens is 425 g/mol. The molecule has 0 N–H and O–H groups in total. The van der Waals surface area contributed by atoms with Crippen LogP contribution in [0.2, 0.25) is 0 Å². The molecule has 2 aromatic heterocycles. The van der Waals surface area contributed by atoms with Crippen LogP contribution in [-0.4, -0.2) is 55.6 Å². The molecule has 0 bridgehead atoms. The summed E-state index contributed by atoms with van der Waals surface area (Å²) in [4.78, 5) is 30.3. The van der Waals surface area contributed by atoms with Gasteiger partial charge in [-0.05, 0) is 24.0 Å². The molecule has 0 spiro atoms. The average Bonchev–Trinajstić information content (AvgIpc) is 3.19. The molecule has 0 aromatic carbocycles. The molecule has 0 aliphatic carbocycles. The number of hydrogen-bond donors (Lipinski definition) is 0. The van der Waals surface area contributed by atoms with Gasteiger partial charge in [0.25, 0.3) is 0 Å². The lowest BCUT2D eigenvalue weighted by molar-refractivity contribution is -0.141. The SMILES string of the molecule is C[C@H]1Cc2nn(Cc3ccc(C(F)(F)F)nc3)c(=O)n2[C@@H](C(=O)N2C[C@@H](F)[C@@H](F)C2)C1. The summed E-state index contributed by atoms with van der Waals surface area (Å²) in [6.45, 7) is 1.04. The van der Waals surface area contributed by atoms with Crippen LogP contribution in [0.25, 0.3) is 0 Å². The largest absolute Gasteiger partial charge is 0.433 e. The van der Waals surface area contributed by atoms with Crippen molar-refractivity contribution >= 4 is 5.91 Å². The number of alkyl halides is 5. The number of carbonyl (C=O) groups is 1. The van der Waals surface area contributed by atoms with Crippen LogP contribution in [-0.2, 0) is 23.9 Å². The molecular formula is C19H20F5N5O2. The van der Waals surface area contributed by atoms with E-state index in [9.17, 15) is 31.5 Å². The third kappa shape index (κ3) is 4.07. The highest BCUT2D eigenvalue weighted by Crippen LogP contribution is 2.30. The summed E-state index contributed by atoms with van der Waals surface area (Å²) in [5, 5.41) is 4.25. The monoisotopic (exact) mass is 445 g/mol.